The number of aryl methyl sites for hydroxylation is 1. The number of nitrogens with zero attached hydrogens (tertiary/aromatic N) is 3. The normalized spacial score (nSPS) is 10.3. The number of halogens is 1. The first-order valence-corrected chi connectivity index (χ1v) is 5.30. The Hall–Kier alpha value is -1.88. The summed E-state index contributed by atoms with van der Waals surface area (Å²) in [5.41, 5.74) is 6.34. The van der Waals surface area contributed by atoms with Crippen LogP contribution in [0.2, 0.25) is 5.02 Å². The molecule has 2 rings (SSSR count). The number of methoxy groups -OCH3 is 1. The molecular formula is C11H11ClN4O. The average molecular weight is 251 g/mol. The van der Waals surface area contributed by atoms with Gasteiger partial charge in [-0.05, 0) is 25.1 Å². The Labute approximate surface area is 104 Å². The van der Waals surface area contributed by atoms with Gasteiger partial charge < -0.3 is 10.5 Å². The molecule has 0 unspecified atom stereocenters. The van der Waals surface area contributed by atoms with Crippen LogP contribution in [-0.2, 0) is 0 Å². The number of benzene rings is 1. The fourth-order valence-electron chi connectivity index (χ4n) is 1.44. The van der Waals surface area contributed by atoms with Crippen molar-refractivity contribution in [2.75, 3.05) is 12.8 Å². The maximum absolute atomic E-state index is 6.03. The predicted octanol–water partition coefficient (Wildman–Crippen LogP) is 2.09. The number of nitrogens with two attached hydrogens (primary N) is 1. The van der Waals surface area contributed by atoms with Gasteiger partial charge in [0.05, 0.1) is 12.1 Å². The van der Waals surface area contributed by atoms with Crippen molar-refractivity contribution >= 4 is 17.5 Å². The molecule has 0 aliphatic heterocycles. The minimum Gasteiger partial charge on any atom is -0.495 e. The molecule has 1 aromatic heterocycles. The van der Waals surface area contributed by atoms with Crippen LogP contribution in [0, 0.1) is 6.92 Å². The molecule has 0 aliphatic rings. The topological polar surface area (TPSA) is 73.9 Å². The highest BCUT2D eigenvalue weighted by molar-refractivity contribution is 6.32. The van der Waals surface area contributed by atoms with Crippen LogP contribution >= 0.6 is 11.6 Å². The van der Waals surface area contributed by atoms with E-state index in [0.29, 0.717) is 22.4 Å². The molecule has 2 N–H and O–H groups in total. The largest absolute Gasteiger partial charge is 0.495 e. The van der Waals surface area contributed by atoms with Gasteiger partial charge in [-0.1, -0.05) is 11.6 Å². The molecule has 1 aromatic carbocycles. The second kappa shape index (κ2) is 4.55. The summed E-state index contributed by atoms with van der Waals surface area (Å²) in [6.45, 7) is 1.76. The number of hydrogen-bond acceptors (Lipinski definition) is 5. The minimum atomic E-state index is 0.194. The van der Waals surface area contributed by atoms with Crippen LogP contribution in [0.15, 0.2) is 18.2 Å². The predicted molar refractivity (Wildman–Crippen MR) is 66.0 cm³/mol. The molecule has 5 nitrogen and oxygen atoms in total. The molecule has 88 valence electrons. The molecule has 1 heterocycles. The van der Waals surface area contributed by atoms with E-state index in [-0.39, 0.29) is 5.95 Å². The average Bonchev–Trinajstić information content (AvgIpc) is 2.27. The molecule has 0 amide bonds. The fraction of sp³-hybridized carbons (Fsp3) is 0.182. The number of rotatable bonds is 2. The fourth-order valence-corrected chi connectivity index (χ4v) is 1.69. The molecule has 0 aliphatic carbocycles. The zero-order chi connectivity index (χ0) is 12.4. The SMILES string of the molecule is COc1ccc(-c2nc(C)nc(N)n2)cc1Cl. The van der Waals surface area contributed by atoms with Crippen LogP contribution in [0.4, 0.5) is 5.95 Å². The smallest absolute Gasteiger partial charge is 0.223 e. The lowest BCUT2D eigenvalue weighted by molar-refractivity contribution is 0.415. The summed E-state index contributed by atoms with van der Waals surface area (Å²) < 4.78 is 5.07. The molecule has 17 heavy (non-hydrogen) atoms. The van der Waals surface area contributed by atoms with E-state index in [1.165, 1.54) is 0 Å². The molecule has 0 spiro atoms. The second-order valence-corrected chi connectivity index (χ2v) is 3.82. The first-order chi connectivity index (χ1) is 8.10. The lowest BCUT2D eigenvalue weighted by atomic mass is 10.2. The summed E-state index contributed by atoms with van der Waals surface area (Å²) in [6, 6.07) is 5.31. The molecule has 0 saturated heterocycles. The third kappa shape index (κ3) is 2.45. The van der Waals surface area contributed by atoms with Crippen molar-refractivity contribution in [3.05, 3.63) is 29.0 Å². The number of hydrogen-bond donors (Lipinski definition) is 1. The van der Waals surface area contributed by atoms with Crippen molar-refractivity contribution in [3.63, 3.8) is 0 Å². The third-order valence-electron chi connectivity index (χ3n) is 2.17. The molecule has 0 bridgehead atoms. The van der Waals surface area contributed by atoms with Gasteiger partial charge in [-0.2, -0.15) is 9.97 Å². The number of ether oxygens (including phenoxy) is 1. The van der Waals surface area contributed by atoms with E-state index in [0.717, 1.165) is 5.56 Å². The summed E-state index contributed by atoms with van der Waals surface area (Å²) in [5.74, 6) is 1.87. The van der Waals surface area contributed by atoms with Crippen LogP contribution in [-0.4, -0.2) is 22.1 Å². The molecule has 0 atom stereocenters. The van der Waals surface area contributed by atoms with E-state index in [2.05, 4.69) is 15.0 Å². The van der Waals surface area contributed by atoms with Gasteiger partial charge in [0.2, 0.25) is 5.95 Å². The first kappa shape index (κ1) is 11.6. The monoisotopic (exact) mass is 250 g/mol. The second-order valence-electron chi connectivity index (χ2n) is 3.41. The van der Waals surface area contributed by atoms with E-state index in [1.807, 2.05) is 6.07 Å². The summed E-state index contributed by atoms with van der Waals surface area (Å²) in [4.78, 5) is 12.2. The molecular weight excluding hydrogens is 240 g/mol. The zero-order valence-corrected chi connectivity index (χ0v) is 10.2. The highest BCUT2D eigenvalue weighted by Crippen LogP contribution is 2.28. The van der Waals surface area contributed by atoms with Crippen LogP contribution in [0.1, 0.15) is 5.82 Å². The molecule has 0 saturated carbocycles. The quantitative estimate of drug-likeness (QED) is 0.883. The van der Waals surface area contributed by atoms with Crippen molar-refractivity contribution in [2.45, 2.75) is 6.92 Å². The first-order valence-electron chi connectivity index (χ1n) is 4.92. The van der Waals surface area contributed by atoms with E-state index in [4.69, 9.17) is 22.1 Å². The van der Waals surface area contributed by atoms with Crippen LogP contribution in [0.25, 0.3) is 11.4 Å². The maximum atomic E-state index is 6.03. The molecule has 0 radical (unpaired) electrons. The van der Waals surface area contributed by atoms with Crippen molar-refractivity contribution in [2.24, 2.45) is 0 Å². The van der Waals surface area contributed by atoms with Gasteiger partial charge in [-0.25, -0.2) is 4.98 Å². The number of aromatic nitrogens is 3. The van der Waals surface area contributed by atoms with Gasteiger partial charge in [-0.15, -0.1) is 0 Å². The number of anilines is 1. The Kier molecular flexibility index (Phi) is 3.10. The maximum Gasteiger partial charge on any atom is 0.223 e. The van der Waals surface area contributed by atoms with E-state index in [1.54, 1.807) is 26.2 Å². The summed E-state index contributed by atoms with van der Waals surface area (Å²) in [6.07, 6.45) is 0. The Balaban J connectivity index is 2.49. The van der Waals surface area contributed by atoms with Crippen molar-refractivity contribution < 1.29 is 4.74 Å². The lowest BCUT2D eigenvalue weighted by Crippen LogP contribution is -2.01. The van der Waals surface area contributed by atoms with Crippen LogP contribution in [0.3, 0.4) is 0 Å². The highest BCUT2D eigenvalue weighted by atomic mass is 35.5. The van der Waals surface area contributed by atoms with Gasteiger partial charge in [-0.3, -0.25) is 0 Å². The Morgan fingerprint density at radius 3 is 2.59 bits per heavy atom. The third-order valence-corrected chi connectivity index (χ3v) is 2.47. The standard InChI is InChI=1S/C11H11ClN4O/c1-6-14-10(16-11(13)15-6)7-3-4-9(17-2)8(12)5-7/h3-5H,1-2H3,(H2,13,14,15,16). The van der Waals surface area contributed by atoms with Crippen LogP contribution < -0.4 is 10.5 Å². The summed E-state index contributed by atoms with van der Waals surface area (Å²) in [5, 5.41) is 0.502. The van der Waals surface area contributed by atoms with E-state index in [9.17, 15) is 0 Å². The van der Waals surface area contributed by atoms with Crippen molar-refractivity contribution in [1.29, 1.82) is 0 Å². The zero-order valence-electron chi connectivity index (χ0n) is 9.44. The Morgan fingerprint density at radius 1 is 1.24 bits per heavy atom. The lowest BCUT2D eigenvalue weighted by Gasteiger charge is -2.06. The molecule has 0 fully saturated rings. The van der Waals surface area contributed by atoms with Crippen molar-refractivity contribution in [1.82, 2.24) is 15.0 Å². The van der Waals surface area contributed by atoms with Gasteiger partial charge in [0.15, 0.2) is 5.82 Å². The van der Waals surface area contributed by atoms with Gasteiger partial charge in [0, 0.05) is 5.56 Å². The van der Waals surface area contributed by atoms with E-state index >= 15 is 0 Å². The summed E-state index contributed by atoms with van der Waals surface area (Å²) in [7, 11) is 1.56. The molecule has 2 aromatic rings. The van der Waals surface area contributed by atoms with Crippen molar-refractivity contribution in [3.8, 4) is 17.1 Å². The van der Waals surface area contributed by atoms with E-state index < -0.39 is 0 Å². The van der Waals surface area contributed by atoms with Gasteiger partial charge in [0.1, 0.15) is 11.6 Å². The highest BCUT2D eigenvalue weighted by Gasteiger charge is 2.07. The van der Waals surface area contributed by atoms with Crippen LogP contribution in [0.5, 0.6) is 5.75 Å². The minimum absolute atomic E-state index is 0.194. The Bertz CT molecular complexity index is 539. The summed E-state index contributed by atoms with van der Waals surface area (Å²) >= 11 is 6.03. The Morgan fingerprint density at radius 2 is 2.00 bits per heavy atom. The molecule has 6 heteroatoms. The number of nitrogen functional groups attached to an aromatic ring is 1. The van der Waals surface area contributed by atoms with Gasteiger partial charge >= 0.3 is 0 Å². The van der Waals surface area contributed by atoms with Gasteiger partial charge in [0.25, 0.3) is 0 Å².